The summed E-state index contributed by atoms with van der Waals surface area (Å²) in [6, 6.07) is 25.9. The third kappa shape index (κ3) is 2.01. The van der Waals surface area contributed by atoms with Crippen LogP contribution in [-0.2, 0) is 0 Å². The first-order valence-electron chi connectivity index (χ1n) is 9.66. The van der Waals surface area contributed by atoms with Gasteiger partial charge in [0.15, 0.2) is 0 Å². The number of nitrogens with zero attached hydrogens (tertiary/aromatic N) is 1. The van der Waals surface area contributed by atoms with E-state index in [1.807, 2.05) is 24.4 Å². The molecule has 0 amide bonds. The Hall–Kier alpha value is -2.85. The maximum atomic E-state index is 6.65. The fourth-order valence-corrected chi connectivity index (χ4v) is 11.8. The minimum atomic E-state index is -2.42. The van der Waals surface area contributed by atoms with Crippen LogP contribution in [-0.4, -0.2) is 18.3 Å². The molecule has 5 aromatic rings. The maximum absolute atomic E-state index is 6.65. The Balaban J connectivity index is 1.73. The van der Waals surface area contributed by atoms with Crippen LogP contribution < -0.4 is 8.79 Å². The molecular formula is C25H19GeNO. The van der Waals surface area contributed by atoms with E-state index >= 15 is 0 Å². The van der Waals surface area contributed by atoms with Crippen molar-refractivity contribution in [3.05, 3.63) is 79.0 Å². The van der Waals surface area contributed by atoms with E-state index in [-0.39, 0.29) is 0 Å². The zero-order valence-electron chi connectivity index (χ0n) is 15.9. The number of pyridine rings is 1. The van der Waals surface area contributed by atoms with E-state index in [1.54, 1.807) is 4.40 Å². The van der Waals surface area contributed by atoms with Crippen molar-refractivity contribution >= 4 is 44.0 Å². The molecular weight excluding hydrogens is 403 g/mol. The first kappa shape index (κ1) is 16.1. The minimum absolute atomic E-state index is 0.943. The van der Waals surface area contributed by atoms with Gasteiger partial charge in [0.05, 0.1) is 0 Å². The molecule has 0 atom stereocenters. The van der Waals surface area contributed by atoms with Crippen LogP contribution in [0.25, 0.3) is 44.3 Å². The summed E-state index contributed by atoms with van der Waals surface area (Å²) in [7, 11) is 0. The van der Waals surface area contributed by atoms with E-state index < -0.39 is 13.3 Å². The summed E-state index contributed by atoms with van der Waals surface area (Å²) >= 11 is -2.42. The van der Waals surface area contributed by atoms with Crippen molar-refractivity contribution in [2.75, 3.05) is 0 Å². The summed E-state index contributed by atoms with van der Waals surface area (Å²) in [5.74, 6) is 4.97. The summed E-state index contributed by atoms with van der Waals surface area (Å²) in [5, 5.41) is 2.40. The van der Waals surface area contributed by atoms with Gasteiger partial charge in [0, 0.05) is 0 Å². The number of para-hydroxylation sites is 1. The first-order chi connectivity index (χ1) is 13.7. The Kier molecular flexibility index (Phi) is 3.22. The van der Waals surface area contributed by atoms with Gasteiger partial charge in [0.1, 0.15) is 0 Å². The number of fused-ring (bicyclic) bond motifs is 7. The van der Waals surface area contributed by atoms with Gasteiger partial charge in [-0.3, -0.25) is 0 Å². The van der Waals surface area contributed by atoms with Crippen LogP contribution in [0.15, 0.2) is 83.4 Å². The average molecular weight is 422 g/mol. The predicted molar refractivity (Wildman–Crippen MR) is 119 cm³/mol. The van der Waals surface area contributed by atoms with E-state index in [2.05, 4.69) is 71.1 Å². The van der Waals surface area contributed by atoms with Crippen molar-refractivity contribution < 1.29 is 4.42 Å². The zero-order chi connectivity index (χ0) is 18.9. The van der Waals surface area contributed by atoms with Gasteiger partial charge in [-0.15, -0.1) is 0 Å². The molecule has 3 heteroatoms. The standard InChI is InChI=1S/C25H19GeNO/c1-26(2)21-11-4-3-8-16(21)17-13-14-19-18-9-7-10-20(22-12-5-6-15-27-22)24(18)28-25(19)23(17)26/h3-15H,1-2H3. The average Bonchev–Trinajstić information content (AvgIpc) is 3.22. The molecule has 2 nitrogen and oxygen atoms in total. The molecule has 1 aliphatic rings. The molecule has 0 aliphatic carbocycles. The molecule has 0 radical (unpaired) electrons. The van der Waals surface area contributed by atoms with Crippen molar-refractivity contribution in [3.63, 3.8) is 0 Å². The SMILES string of the molecule is [CH3][Ge]1([CH3])[c]2ccccc2-c2ccc3c(oc4c(-c5ccccn5)cccc43)[c]21. The molecule has 6 rings (SSSR count). The molecule has 2 aromatic heterocycles. The number of rotatable bonds is 1. The van der Waals surface area contributed by atoms with Crippen molar-refractivity contribution in [1.82, 2.24) is 4.98 Å². The Labute approximate surface area is 166 Å². The molecule has 28 heavy (non-hydrogen) atoms. The molecule has 0 saturated heterocycles. The van der Waals surface area contributed by atoms with Crippen LogP contribution in [0.2, 0.25) is 11.5 Å². The zero-order valence-corrected chi connectivity index (χ0v) is 18.0. The van der Waals surface area contributed by atoms with Gasteiger partial charge in [-0.1, -0.05) is 0 Å². The van der Waals surface area contributed by atoms with Gasteiger partial charge >= 0.3 is 166 Å². The molecule has 0 unspecified atom stereocenters. The summed E-state index contributed by atoms with van der Waals surface area (Å²) in [6.45, 7) is 0. The fourth-order valence-electron chi connectivity index (χ4n) is 4.83. The summed E-state index contributed by atoms with van der Waals surface area (Å²) in [4.78, 5) is 4.55. The molecule has 0 bridgehead atoms. The fraction of sp³-hybridized carbons (Fsp3) is 0.0800. The Bertz CT molecular complexity index is 1380. The monoisotopic (exact) mass is 423 g/mol. The van der Waals surface area contributed by atoms with Crippen LogP contribution in [0.4, 0.5) is 0 Å². The molecule has 134 valence electrons. The molecule has 0 spiro atoms. The Morgan fingerprint density at radius 3 is 2.32 bits per heavy atom. The van der Waals surface area contributed by atoms with Crippen molar-refractivity contribution in [1.29, 1.82) is 0 Å². The molecule has 3 aromatic carbocycles. The van der Waals surface area contributed by atoms with E-state index in [0.29, 0.717) is 0 Å². The van der Waals surface area contributed by atoms with Crippen LogP contribution in [0.3, 0.4) is 0 Å². The Morgan fingerprint density at radius 2 is 1.46 bits per heavy atom. The Morgan fingerprint density at radius 1 is 0.679 bits per heavy atom. The molecule has 0 saturated carbocycles. The second-order valence-electron chi connectivity index (χ2n) is 8.03. The number of benzene rings is 3. The second-order valence-corrected chi connectivity index (χ2v) is 17.0. The number of aromatic nitrogens is 1. The third-order valence-electron chi connectivity index (χ3n) is 6.12. The van der Waals surface area contributed by atoms with Crippen molar-refractivity contribution in [2.24, 2.45) is 0 Å². The van der Waals surface area contributed by atoms with Crippen LogP contribution >= 0.6 is 0 Å². The summed E-state index contributed by atoms with van der Waals surface area (Å²) in [6.07, 6.45) is 1.84. The van der Waals surface area contributed by atoms with E-state index in [1.165, 1.54) is 26.3 Å². The van der Waals surface area contributed by atoms with Crippen molar-refractivity contribution in [3.8, 4) is 22.4 Å². The van der Waals surface area contributed by atoms with Gasteiger partial charge in [0.2, 0.25) is 0 Å². The number of hydrogen-bond donors (Lipinski definition) is 0. The molecule has 0 fully saturated rings. The topological polar surface area (TPSA) is 26.0 Å². The molecule has 0 N–H and O–H groups in total. The van der Waals surface area contributed by atoms with Gasteiger partial charge in [-0.05, 0) is 0 Å². The van der Waals surface area contributed by atoms with E-state index in [0.717, 1.165) is 22.4 Å². The predicted octanol–water partition coefficient (Wildman–Crippen LogP) is 5.45. The third-order valence-corrected chi connectivity index (χ3v) is 13.5. The van der Waals surface area contributed by atoms with Crippen LogP contribution in [0.5, 0.6) is 0 Å². The summed E-state index contributed by atoms with van der Waals surface area (Å²) in [5.41, 5.74) is 6.80. The number of hydrogen-bond acceptors (Lipinski definition) is 2. The van der Waals surface area contributed by atoms with Crippen molar-refractivity contribution in [2.45, 2.75) is 11.5 Å². The van der Waals surface area contributed by atoms with E-state index in [4.69, 9.17) is 4.42 Å². The van der Waals surface area contributed by atoms with Crippen LogP contribution in [0.1, 0.15) is 0 Å². The summed E-state index contributed by atoms with van der Waals surface area (Å²) < 4.78 is 9.68. The van der Waals surface area contributed by atoms with E-state index in [9.17, 15) is 0 Å². The van der Waals surface area contributed by atoms with Gasteiger partial charge < -0.3 is 0 Å². The van der Waals surface area contributed by atoms with Crippen LogP contribution in [0, 0.1) is 0 Å². The first-order valence-corrected chi connectivity index (χ1v) is 16.0. The molecule has 3 heterocycles. The van der Waals surface area contributed by atoms with Gasteiger partial charge in [-0.25, -0.2) is 0 Å². The molecule has 1 aliphatic heterocycles. The van der Waals surface area contributed by atoms with Gasteiger partial charge in [-0.2, -0.15) is 0 Å². The number of furan rings is 1. The van der Waals surface area contributed by atoms with Gasteiger partial charge in [0.25, 0.3) is 0 Å². The normalized spacial score (nSPS) is 14.4. The quantitative estimate of drug-likeness (QED) is 0.336. The second kappa shape index (κ2) is 5.58.